The van der Waals surface area contributed by atoms with Gasteiger partial charge in [-0.3, -0.25) is 4.79 Å². The number of piperidine rings is 1. The maximum Gasteiger partial charge on any atom is 0.263 e. The van der Waals surface area contributed by atoms with E-state index >= 15 is 0 Å². The average molecular weight is 412 g/mol. The van der Waals surface area contributed by atoms with Gasteiger partial charge in [-0.05, 0) is 30.8 Å². The molecule has 1 aromatic rings. The SMILES string of the molecule is Cl.O=C(N[C@H]1CCCNC1)c1sccc1S(=O)(=O)N1CCSCC1. The molecule has 136 valence electrons. The Labute approximate surface area is 157 Å². The number of hydrogen-bond donors (Lipinski definition) is 2. The van der Waals surface area contributed by atoms with Crippen LogP contribution in [0.2, 0.25) is 0 Å². The van der Waals surface area contributed by atoms with Crippen molar-refractivity contribution < 1.29 is 13.2 Å². The molecule has 0 bridgehead atoms. The van der Waals surface area contributed by atoms with Gasteiger partial charge in [0.15, 0.2) is 0 Å². The maximum absolute atomic E-state index is 12.8. The second kappa shape index (κ2) is 8.86. The zero-order chi connectivity index (χ0) is 16.3. The number of carbonyl (C=O) groups is 1. The second-order valence-electron chi connectivity index (χ2n) is 5.65. The lowest BCUT2D eigenvalue weighted by Gasteiger charge is -2.26. The minimum atomic E-state index is -3.58. The monoisotopic (exact) mass is 411 g/mol. The molecule has 0 unspecified atom stereocenters. The smallest absolute Gasteiger partial charge is 0.263 e. The summed E-state index contributed by atoms with van der Waals surface area (Å²) < 4.78 is 27.1. The highest BCUT2D eigenvalue weighted by molar-refractivity contribution is 7.99. The van der Waals surface area contributed by atoms with E-state index in [1.54, 1.807) is 23.2 Å². The van der Waals surface area contributed by atoms with Gasteiger partial charge >= 0.3 is 0 Å². The molecule has 24 heavy (non-hydrogen) atoms. The van der Waals surface area contributed by atoms with Gasteiger partial charge in [0.05, 0.1) is 0 Å². The summed E-state index contributed by atoms with van der Waals surface area (Å²) >= 11 is 2.95. The Kier molecular flexibility index (Phi) is 7.39. The lowest BCUT2D eigenvalue weighted by atomic mass is 10.1. The Balaban J connectivity index is 0.00000208. The number of hydrogen-bond acceptors (Lipinski definition) is 6. The van der Waals surface area contributed by atoms with Gasteiger partial charge in [-0.15, -0.1) is 23.7 Å². The molecule has 2 aliphatic rings. The first-order chi connectivity index (χ1) is 11.1. The van der Waals surface area contributed by atoms with Gasteiger partial charge < -0.3 is 10.6 Å². The van der Waals surface area contributed by atoms with Crippen molar-refractivity contribution in [2.75, 3.05) is 37.7 Å². The van der Waals surface area contributed by atoms with Crippen molar-refractivity contribution in [2.24, 2.45) is 0 Å². The van der Waals surface area contributed by atoms with E-state index in [1.165, 1.54) is 15.6 Å². The summed E-state index contributed by atoms with van der Waals surface area (Å²) in [5.74, 6) is 1.33. The molecule has 2 saturated heterocycles. The molecular weight excluding hydrogens is 390 g/mol. The number of carbonyl (C=O) groups excluding carboxylic acids is 1. The van der Waals surface area contributed by atoms with Crippen molar-refractivity contribution >= 4 is 51.4 Å². The van der Waals surface area contributed by atoms with E-state index in [2.05, 4.69) is 10.6 Å². The van der Waals surface area contributed by atoms with Crippen LogP contribution in [0.1, 0.15) is 22.5 Å². The number of thiophene rings is 1. The molecule has 3 rings (SSSR count). The van der Waals surface area contributed by atoms with E-state index in [4.69, 9.17) is 0 Å². The van der Waals surface area contributed by atoms with E-state index in [0.717, 1.165) is 37.4 Å². The molecule has 0 aliphatic carbocycles. The fraction of sp³-hybridized carbons (Fsp3) is 0.643. The molecule has 2 N–H and O–H groups in total. The first kappa shape index (κ1) is 20.0. The van der Waals surface area contributed by atoms with E-state index in [9.17, 15) is 13.2 Å². The molecule has 6 nitrogen and oxygen atoms in total. The molecule has 0 spiro atoms. The number of thioether (sulfide) groups is 1. The molecule has 0 saturated carbocycles. The van der Waals surface area contributed by atoms with Gasteiger partial charge in [0.1, 0.15) is 9.77 Å². The molecule has 3 heterocycles. The van der Waals surface area contributed by atoms with Gasteiger partial charge in [-0.25, -0.2) is 8.42 Å². The Morgan fingerprint density at radius 3 is 2.75 bits per heavy atom. The highest BCUT2D eigenvalue weighted by Gasteiger charge is 2.31. The molecular formula is C14H22ClN3O3S3. The van der Waals surface area contributed by atoms with Crippen LogP contribution >= 0.6 is 35.5 Å². The Morgan fingerprint density at radius 1 is 1.33 bits per heavy atom. The zero-order valence-electron chi connectivity index (χ0n) is 13.2. The van der Waals surface area contributed by atoms with Crippen molar-refractivity contribution in [3.8, 4) is 0 Å². The Morgan fingerprint density at radius 2 is 2.08 bits per heavy atom. The van der Waals surface area contributed by atoms with Crippen LogP contribution in [0.3, 0.4) is 0 Å². The van der Waals surface area contributed by atoms with E-state index in [0.29, 0.717) is 18.0 Å². The fourth-order valence-corrected chi connectivity index (χ4v) is 6.70. The van der Waals surface area contributed by atoms with Crippen molar-refractivity contribution in [2.45, 2.75) is 23.8 Å². The maximum atomic E-state index is 12.8. The topological polar surface area (TPSA) is 78.5 Å². The number of amides is 1. The van der Waals surface area contributed by atoms with Crippen molar-refractivity contribution in [3.05, 3.63) is 16.3 Å². The molecule has 1 aromatic heterocycles. The average Bonchev–Trinajstić information content (AvgIpc) is 3.07. The van der Waals surface area contributed by atoms with Crippen molar-refractivity contribution in [1.82, 2.24) is 14.9 Å². The number of rotatable bonds is 4. The van der Waals surface area contributed by atoms with Gasteiger partial charge in [-0.1, -0.05) is 0 Å². The fourth-order valence-electron chi connectivity index (χ4n) is 2.82. The predicted molar refractivity (Wildman–Crippen MR) is 101 cm³/mol. The number of halogens is 1. The quantitative estimate of drug-likeness (QED) is 0.782. The highest BCUT2D eigenvalue weighted by Crippen LogP contribution is 2.27. The summed E-state index contributed by atoms with van der Waals surface area (Å²) in [4.78, 5) is 13.0. The van der Waals surface area contributed by atoms with Gasteiger partial charge in [0.25, 0.3) is 5.91 Å². The van der Waals surface area contributed by atoms with Gasteiger partial charge in [-0.2, -0.15) is 16.1 Å². The standard InChI is InChI=1S/C14H21N3O3S3.ClH/c18-14(16-11-2-1-4-15-10-11)13-12(3-7-22-13)23(19,20)17-5-8-21-9-6-17;/h3,7,11,15H,1-2,4-6,8-10H2,(H,16,18);1H/t11-;/m0./s1. The summed E-state index contributed by atoms with van der Waals surface area (Å²) in [6.45, 7) is 2.73. The number of sulfonamides is 1. The largest absolute Gasteiger partial charge is 0.347 e. The molecule has 1 amide bonds. The number of nitrogens with zero attached hydrogens (tertiary/aromatic N) is 1. The third-order valence-corrected chi connectivity index (χ3v) is 7.98. The lowest BCUT2D eigenvalue weighted by Crippen LogP contribution is -2.46. The zero-order valence-corrected chi connectivity index (χ0v) is 16.5. The van der Waals surface area contributed by atoms with Crippen LogP contribution in [-0.4, -0.2) is 62.4 Å². The molecule has 0 radical (unpaired) electrons. The van der Waals surface area contributed by atoms with Gasteiger partial charge in [0, 0.05) is 37.2 Å². The normalized spacial score (nSPS) is 22.6. The van der Waals surface area contributed by atoms with Crippen LogP contribution in [0.25, 0.3) is 0 Å². The van der Waals surface area contributed by atoms with Crippen LogP contribution in [0.5, 0.6) is 0 Å². The molecule has 2 aliphatic heterocycles. The van der Waals surface area contributed by atoms with Crippen LogP contribution in [0.15, 0.2) is 16.3 Å². The highest BCUT2D eigenvalue weighted by atomic mass is 35.5. The second-order valence-corrected chi connectivity index (χ2v) is 9.69. The van der Waals surface area contributed by atoms with E-state index in [-0.39, 0.29) is 29.3 Å². The first-order valence-electron chi connectivity index (χ1n) is 7.76. The van der Waals surface area contributed by atoms with Gasteiger partial charge in [0.2, 0.25) is 10.0 Å². The summed E-state index contributed by atoms with van der Waals surface area (Å²) in [6.07, 6.45) is 1.95. The third kappa shape index (κ3) is 4.44. The molecule has 2 fully saturated rings. The summed E-state index contributed by atoms with van der Waals surface area (Å²) in [5, 5.41) is 7.88. The van der Waals surface area contributed by atoms with E-state index in [1.807, 2.05) is 0 Å². The molecule has 0 aromatic carbocycles. The number of nitrogens with one attached hydrogen (secondary N) is 2. The minimum absolute atomic E-state index is 0. The Bertz CT molecular complexity index is 653. The Hall–Kier alpha value is -0.320. The van der Waals surface area contributed by atoms with E-state index < -0.39 is 10.0 Å². The third-order valence-electron chi connectivity index (χ3n) is 4.06. The van der Waals surface area contributed by atoms with Crippen LogP contribution in [0.4, 0.5) is 0 Å². The summed E-state index contributed by atoms with van der Waals surface area (Å²) in [7, 11) is -3.58. The summed E-state index contributed by atoms with van der Waals surface area (Å²) in [5.41, 5.74) is 0. The molecule has 1 atom stereocenters. The first-order valence-corrected chi connectivity index (χ1v) is 11.2. The van der Waals surface area contributed by atoms with Crippen molar-refractivity contribution in [1.29, 1.82) is 0 Å². The minimum Gasteiger partial charge on any atom is -0.347 e. The summed E-state index contributed by atoms with van der Waals surface area (Å²) in [6, 6.07) is 1.62. The van der Waals surface area contributed by atoms with Crippen LogP contribution in [-0.2, 0) is 10.0 Å². The predicted octanol–water partition coefficient (Wildman–Crippen LogP) is 1.39. The molecule has 10 heteroatoms. The van der Waals surface area contributed by atoms with Crippen LogP contribution in [0, 0.1) is 0 Å². The van der Waals surface area contributed by atoms with Crippen molar-refractivity contribution in [3.63, 3.8) is 0 Å². The lowest BCUT2D eigenvalue weighted by molar-refractivity contribution is 0.0931. The van der Waals surface area contributed by atoms with Crippen LogP contribution < -0.4 is 10.6 Å².